The van der Waals surface area contributed by atoms with Gasteiger partial charge >= 0.3 is 21.4 Å². The second kappa shape index (κ2) is 28.4. The lowest BCUT2D eigenvalue weighted by Crippen LogP contribution is -2.61. The van der Waals surface area contributed by atoms with E-state index in [9.17, 15) is 0 Å². The molecule has 3 aromatic rings. The van der Waals surface area contributed by atoms with Gasteiger partial charge in [0.25, 0.3) is 0 Å². The first-order valence-electron chi connectivity index (χ1n) is 21.3. The standard InChI is InChI=1S/C48H63B3O9/c1-7-13-19-25-52-43-31-40(32-44(37-43)53-26-20-14-8-2)49-58-50(41-33-45(54-27-21-15-9-3)38-46(34-41)55-28-22-16-10-4)60-51(59-49)42-35-47(56-29-23-17-11-5)39-48(36-42)57-30-24-18-12-6/h7-12,31-39H,1-6,13-30H2. The Morgan fingerprint density at radius 1 is 0.317 bits per heavy atom. The van der Waals surface area contributed by atoms with Gasteiger partial charge in [0.05, 0.1) is 39.6 Å². The third-order valence-electron chi connectivity index (χ3n) is 9.19. The molecule has 0 bridgehead atoms. The van der Waals surface area contributed by atoms with E-state index in [1.807, 2.05) is 91.1 Å². The second-order valence-corrected chi connectivity index (χ2v) is 14.3. The van der Waals surface area contributed by atoms with Gasteiger partial charge in [0.1, 0.15) is 34.5 Å². The summed E-state index contributed by atoms with van der Waals surface area (Å²) in [5.41, 5.74) is 2.09. The molecule has 318 valence electrons. The third kappa shape index (κ3) is 17.3. The van der Waals surface area contributed by atoms with Crippen molar-refractivity contribution in [2.24, 2.45) is 0 Å². The lowest BCUT2D eigenvalue weighted by Gasteiger charge is -2.32. The Morgan fingerprint density at radius 3 is 0.667 bits per heavy atom. The van der Waals surface area contributed by atoms with Crippen molar-refractivity contribution in [3.63, 3.8) is 0 Å². The summed E-state index contributed by atoms with van der Waals surface area (Å²) in [5.74, 6) is 3.82. The van der Waals surface area contributed by atoms with Crippen molar-refractivity contribution < 1.29 is 42.1 Å². The molecule has 0 atom stereocenters. The van der Waals surface area contributed by atoms with Crippen LogP contribution >= 0.6 is 0 Å². The molecule has 0 aromatic heterocycles. The molecule has 1 heterocycles. The molecule has 0 radical (unpaired) electrons. The summed E-state index contributed by atoms with van der Waals surface area (Å²) in [7, 11) is -2.74. The average molecular weight is 816 g/mol. The molecule has 1 aliphatic rings. The summed E-state index contributed by atoms with van der Waals surface area (Å²) in [6, 6.07) is 17.2. The van der Waals surface area contributed by atoms with Gasteiger partial charge in [-0.05, 0) is 130 Å². The fourth-order valence-electron chi connectivity index (χ4n) is 6.10. The van der Waals surface area contributed by atoms with Crippen molar-refractivity contribution in [1.82, 2.24) is 0 Å². The van der Waals surface area contributed by atoms with E-state index in [0.29, 0.717) is 90.5 Å². The first kappa shape index (κ1) is 47.7. The van der Waals surface area contributed by atoms with Crippen molar-refractivity contribution in [1.29, 1.82) is 0 Å². The highest BCUT2D eigenvalue weighted by atomic mass is 16.7. The monoisotopic (exact) mass is 816 g/mol. The number of unbranched alkanes of at least 4 members (excludes halogenated alkanes) is 6. The Kier molecular flexibility index (Phi) is 22.6. The lowest BCUT2D eigenvalue weighted by molar-refractivity contribution is 0.291. The van der Waals surface area contributed by atoms with Crippen molar-refractivity contribution in [3.8, 4) is 34.5 Å². The number of hydrogen-bond donors (Lipinski definition) is 0. The molecule has 0 aliphatic carbocycles. The van der Waals surface area contributed by atoms with Gasteiger partial charge in [-0.1, -0.05) is 36.5 Å². The fourth-order valence-corrected chi connectivity index (χ4v) is 6.10. The predicted molar refractivity (Wildman–Crippen MR) is 248 cm³/mol. The molecule has 9 nitrogen and oxygen atoms in total. The normalized spacial score (nSPS) is 12.3. The molecule has 0 spiro atoms. The topological polar surface area (TPSA) is 83.1 Å². The molecule has 0 N–H and O–H groups in total. The summed E-state index contributed by atoms with van der Waals surface area (Å²) < 4.78 is 57.7. The smallest absolute Gasteiger partial charge is 0.467 e. The maximum atomic E-state index is 6.75. The first-order chi connectivity index (χ1) is 29.5. The highest BCUT2D eigenvalue weighted by molar-refractivity contribution is 6.87. The van der Waals surface area contributed by atoms with Crippen LogP contribution in [0.5, 0.6) is 34.5 Å². The molecule has 0 amide bonds. The quantitative estimate of drug-likeness (QED) is 0.0340. The number of allylic oxidation sites excluding steroid dienone is 6. The van der Waals surface area contributed by atoms with Crippen LogP contribution in [0.1, 0.15) is 77.0 Å². The first-order valence-corrected chi connectivity index (χ1v) is 21.3. The number of benzene rings is 3. The van der Waals surface area contributed by atoms with Crippen LogP contribution in [0, 0.1) is 0 Å². The van der Waals surface area contributed by atoms with E-state index in [-0.39, 0.29) is 0 Å². The average Bonchev–Trinajstić information content (AvgIpc) is 3.27. The SMILES string of the molecule is C=CCCCOc1cc(OCCCC=C)cc(B2OB(c3cc(OCCCC=C)cc(OCCCC=C)c3)OB(c3cc(OCCCC=C)cc(OCCCC=C)c3)O2)c1. The van der Waals surface area contributed by atoms with Crippen LogP contribution in [0.4, 0.5) is 0 Å². The second-order valence-electron chi connectivity index (χ2n) is 14.3. The van der Waals surface area contributed by atoms with Gasteiger partial charge in [-0.3, -0.25) is 0 Å². The third-order valence-corrected chi connectivity index (χ3v) is 9.19. The summed E-state index contributed by atoms with van der Waals surface area (Å²) in [4.78, 5) is 0. The summed E-state index contributed by atoms with van der Waals surface area (Å²) in [6.45, 7) is 26.1. The van der Waals surface area contributed by atoms with Crippen LogP contribution in [0.2, 0.25) is 0 Å². The van der Waals surface area contributed by atoms with Crippen molar-refractivity contribution >= 4 is 37.7 Å². The minimum atomic E-state index is -0.913. The Bertz CT molecular complexity index is 1470. The molecule has 1 saturated heterocycles. The Balaban J connectivity index is 1.78. The van der Waals surface area contributed by atoms with E-state index in [1.165, 1.54) is 0 Å². The van der Waals surface area contributed by atoms with Crippen LogP contribution < -0.4 is 44.8 Å². The predicted octanol–water partition coefficient (Wildman–Crippen LogP) is 9.31. The Hall–Kier alpha value is -5.03. The van der Waals surface area contributed by atoms with Crippen LogP contribution in [-0.4, -0.2) is 61.0 Å². The van der Waals surface area contributed by atoms with E-state index < -0.39 is 21.4 Å². The fraction of sp³-hybridized carbons (Fsp3) is 0.375. The maximum Gasteiger partial charge on any atom is 0.467 e. The largest absolute Gasteiger partial charge is 0.493 e. The molecule has 0 unspecified atom stereocenters. The zero-order valence-electron chi connectivity index (χ0n) is 35.5. The summed E-state index contributed by atoms with van der Waals surface area (Å²) in [6.07, 6.45) is 21.3. The van der Waals surface area contributed by atoms with Crippen molar-refractivity contribution in [3.05, 3.63) is 131 Å². The van der Waals surface area contributed by atoms with E-state index in [2.05, 4.69) is 39.5 Å². The molecular weight excluding hydrogens is 753 g/mol. The summed E-state index contributed by atoms with van der Waals surface area (Å²) >= 11 is 0. The molecule has 12 heteroatoms. The van der Waals surface area contributed by atoms with Crippen LogP contribution in [0.3, 0.4) is 0 Å². The van der Waals surface area contributed by atoms with E-state index in [0.717, 1.165) is 77.0 Å². The highest BCUT2D eigenvalue weighted by Gasteiger charge is 2.44. The number of rotatable bonds is 33. The molecule has 60 heavy (non-hydrogen) atoms. The Labute approximate surface area is 360 Å². The Morgan fingerprint density at radius 2 is 0.500 bits per heavy atom. The minimum Gasteiger partial charge on any atom is -0.493 e. The van der Waals surface area contributed by atoms with Crippen molar-refractivity contribution in [2.45, 2.75) is 77.0 Å². The van der Waals surface area contributed by atoms with Crippen LogP contribution in [-0.2, 0) is 13.7 Å². The molecule has 0 saturated carbocycles. The van der Waals surface area contributed by atoms with Gasteiger partial charge in [-0.15, -0.1) is 39.5 Å². The molecule has 4 rings (SSSR count). The molecular formula is C48H63B3O9. The van der Waals surface area contributed by atoms with Crippen LogP contribution in [0.15, 0.2) is 131 Å². The number of hydrogen-bond acceptors (Lipinski definition) is 9. The molecule has 1 aliphatic heterocycles. The molecule has 3 aromatic carbocycles. The van der Waals surface area contributed by atoms with Gasteiger partial charge in [-0.2, -0.15) is 0 Å². The van der Waals surface area contributed by atoms with Gasteiger partial charge in [0.2, 0.25) is 0 Å². The summed E-state index contributed by atoms with van der Waals surface area (Å²) in [5, 5.41) is 0. The lowest BCUT2D eigenvalue weighted by atomic mass is 9.61. The van der Waals surface area contributed by atoms with E-state index in [4.69, 9.17) is 42.1 Å². The zero-order chi connectivity index (χ0) is 42.6. The van der Waals surface area contributed by atoms with Crippen LogP contribution in [0.25, 0.3) is 0 Å². The highest BCUT2D eigenvalue weighted by Crippen LogP contribution is 2.26. The van der Waals surface area contributed by atoms with Gasteiger partial charge in [-0.25, -0.2) is 0 Å². The molecule has 1 fully saturated rings. The van der Waals surface area contributed by atoms with Crippen molar-refractivity contribution in [2.75, 3.05) is 39.6 Å². The van der Waals surface area contributed by atoms with Gasteiger partial charge < -0.3 is 42.1 Å². The van der Waals surface area contributed by atoms with Gasteiger partial charge in [0, 0.05) is 18.2 Å². The van der Waals surface area contributed by atoms with E-state index in [1.54, 1.807) is 0 Å². The zero-order valence-corrected chi connectivity index (χ0v) is 35.5. The maximum absolute atomic E-state index is 6.75. The number of ether oxygens (including phenoxy) is 6. The van der Waals surface area contributed by atoms with Gasteiger partial charge in [0.15, 0.2) is 0 Å². The van der Waals surface area contributed by atoms with E-state index >= 15 is 0 Å². The minimum absolute atomic E-state index is 0.510.